The zero-order valence-corrected chi connectivity index (χ0v) is 17.0. The Labute approximate surface area is 171 Å². The second kappa shape index (κ2) is 7.97. The highest BCUT2D eigenvalue weighted by Gasteiger charge is 2.43. The van der Waals surface area contributed by atoms with Crippen LogP contribution < -0.4 is 16.6 Å². The SMILES string of the molecule is CCc1cccc(-c2c(C3CCC4C(=O)NNC(CN)C4C3)cnn2C)c1C#N. The zero-order valence-electron chi connectivity index (χ0n) is 17.0. The first-order valence-electron chi connectivity index (χ1n) is 10.4. The van der Waals surface area contributed by atoms with Gasteiger partial charge in [-0.25, -0.2) is 5.43 Å². The van der Waals surface area contributed by atoms with Crippen molar-refractivity contribution in [2.45, 2.75) is 44.6 Å². The van der Waals surface area contributed by atoms with Crippen LogP contribution in [0.25, 0.3) is 11.3 Å². The van der Waals surface area contributed by atoms with E-state index in [1.165, 1.54) is 0 Å². The Morgan fingerprint density at radius 2 is 2.21 bits per heavy atom. The van der Waals surface area contributed by atoms with E-state index in [-0.39, 0.29) is 23.8 Å². The molecular weight excluding hydrogens is 364 g/mol. The minimum absolute atomic E-state index is 0.0132. The lowest BCUT2D eigenvalue weighted by Crippen LogP contribution is -2.62. The number of fused-ring (bicyclic) bond motifs is 1. The van der Waals surface area contributed by atoms with Gasteiger partial charge in [-0.15, -0.1) is 0 Å². The van der Waals surface area contributed by atoms with E-state index in [0.29, 0.717) is 12.5 Å². The summed E-state index contributed by atoms with van der Waals surface area (Å²) < 4.78 is 1.88. The number of aryl methyl sites for hydroxylation is 2. The van der Waals surface area contributed by atoms with Crippen LogP contribution in [0.4, 0.5) is 0 Å². The molecule has 2 fully saturated rings. The summed E-state index contributed by atoms with van der Waals surface area (Å²) in [5, 5.41) is 14.4. The lowest BCUT2D eigenvalue weighted by Gasteiger charge is -2.43. The third-order valence-electron chi connectivity index (χ3n) is 6.69. The van der Waals surface area contributed by atoms with Crippen molar-refractivity contribution >= 4 is 5.91 Å². The van der Waals surface area contributed by atoms with E-state index < -0.39 is 0 Å². The fourth-order valence-electron chi connectivity index (χ4n) is 5.16. The van der Waals surface area contributed by atoms with E-state index in [1.807, 2.05) is 36.1 Å². The molecule has 1 amide bonds. The molecular formula is C22H28N6O. The molecule has 2 aliphatic rings. The molecule has 0 bridgehead atoms. The van der Waals surface area contributed by atoms with Crippen LogP contribution in [-0.4, -0.2) is 28.3 Å². The molecule has 4 unspecified atom stereocenters. The maximum atomic E-state index is 12.3. The number of nitrogens with zero attached hydrogens (tertiary/aromatic N) is 3. The van der Waals surface area contributed by atoms with Crippen LogP contribution in [0.5, 0.6) is 0 Å². The summed E-state index contributed by atoms with van der Waals surface area (Å²) in [5.74, 6) is 0.586. The lowest BCUT2D eigenvalue weighted by molar-refractivity contribution is -0.133. The number of aromatic nitrogens is 2. The number of nitrogens with two attached hydrogens (primary N) is 1. The molecule has 1 aromatic carbocycles. The third-order valence-corrected chi connectivity index (χ3v) is 6.69. The minimum Gasteiger partial charge on any atom is -0.329 e. The highest BCUT2D eigenvalue weighted by Crippen LogP contribution is 2.45. The molecule has 4 atom stereocenters. The van der Waals surface area contributed by atoms with Gasteiger partial charge >= 0.3 is 0 Å². The van der Waals surface area contributed by atoms with E-state index in [2.05, 4.69) is 28.9 Å². The standard InChI is InChI=1S/C22H28N6O/c1-3-13-5-4-6-15(18(13)10-23)21-19(12-25-28(21)2)14-7-8-16-17(9-14)20(11-24)26-27-22(16)29/h4-6,12,14,16-17,20,26H,3,7-9,11,24H2,1-2H3,(H,27,29). The van der Waals surface area contributed by atoms with Gasteiger partial charge in [-0.1, -0.05) is 25.1 Å². The Morgan fingerprint density at radius 1 is 1.38 bits per heavy atom. The van der Waals surface area contributed by atoms with Crippen LogP contribution in [0.15, 0.2) is 24.4 Å². The normalized spacial score (nSPS) is 26.5. The summed E-state index contributed by atoms with van der Waals surface area (Å²) in [6.45, 7) is 2.56. The molecule has 0 radical (unpaired) electrons. The van der Waals surface area contributed by atoms with Gasteiger partial charge in [0, 0.05) is 36.7 Å². The number of nitrogens with one attached hydrogen (secondary N) is 2. The highest BCUT2D eigenvalue weighted by atomic mass is 16.2. The van der Waals surface area contributed by atoms with Gasteiger partial charge in [-0.05, 0) is 43.1 Å². The predicted octanol–water partition coefficient (Wildman–Crippen LogP) is 1.98. The molecule has 152 valence electrons. The quantitative estimate of drug-likeness (QED) is 0.737. The summed E-state index contributed by atoms with van der Waals surface area (Å²) in [6.07, 6.45) is 5.42. The molecule has 2 aromatic rings. The Morgan fingerprint density at radius 3 is 2.93 bits per heavy atom. The average Bonchev–Trinajstić information content (AvgIpc) is 3.14. The first-order valence-corrected chi connectivity index (χ1v) is 10.4. The molecule has 7 heteroatoms. The highest BCUT2D eigenvalue weighted by molar-refractivity contribution is 5.79. The topological polar surface area (TPSA) is 109 Å². The minimum atomic E-state index is 0.0132. The summed E-state index contributed by atoms with van der Waals surface area (Å²) in [4.78, 5) is 12.3. The van der Waals surface area contributed by atoms with Gasteiger partial charge in [-0.2, -0.15) is 10.4 Å². The van der Waals surface area contributed by atoms with Crippen molar-refractivity contribution in [1.82, 2.24) is 20.6 Å². The summed E-state index contributed by atoms with van der Waals surface area (Å²) >= 11 is 0. The van der Waals surface area contributed by atoms with Crippen LogP contribution in [0.2, 0.25) is 0 Å². The van der Waals surface area contributed by atoms with Gasteiger partial charge in [0.25, 0.3) is 0 Å². The molecule has 1 aliphatic carbocycles. The number of nitriles is 1. The maximum absolute atomic E-state index is 12.3. The van der Waals surface area contributed by atoms with E-state index >= 15 is 0 Å². The van der Waals surface area contributed by atoms with Gasteiger partial charge in [0.1, 0.15) is 6.07 Å². The fraction of sp³-hybridized carbons (Fsp3) is 0.500. The van der Waals surface area contributed by atoms with Crippen LogP contribution in [0, 0.1) is 23.2 Å². The number of rotatable bonds is 4. The van der Waals surface area contributed by atoms with Crippen molar-refractivity contribution in [3.05, 3.63) is 41.1 Å². The molecule has 7 nitrogen and oxygen atoms in total. The zero-order chi connectivity index (χ0) is 20.5. The Balaban J connectivity index is 1.72. The van der Waals surface area contributed by atoms with E-state index in [1.54, 1.807) is 0 Å². The molecule has 0 spiro atoms. The number of hydrazine groups is 1. The van der Waals surface area contributed by atoms with Crippen molar-refractivity contribution in [1.29, 1.82) is 5.26 Å². The summed E-state index contributed by atoms with van der Waals surface area (Å²) in [5.41, 5.74) is 16.7. The Hall–Kier alpha value is -2.69. The second-order valence-electron chi connectivity index (χ2n) is 8.13. The summed E-state index contributed by atoms with van der Waals surface area (Å²) in [7, 11) is 1.93. The van der Waals surface area contributed by atoms with E-state index in [9.17, 15) is 10.1 Å². The molecule has 2 heterocycles. The molecule has 4 N–H and O–H groups in total. The van der Waals surface area contributed by atoms with Crippen LogP contribution in [0.1, 0.15) is 48.8 Å². The van der Waals surface area contributed by atoms with Gasteiger partial charge in [0.2, 0.25) is 5.91 Å². The van der Waals surface area contributed by atoms with Crippen molar-refractivity contribution < 1.29 is 4.79 Å². The van der Waals surface area contributed by atoms with Crippen molar-refractivity contribution in [2.75, 3.05) is 6.54 Å². The largest absolute Gasteiger partial charge is 0.329 e. The van der Waals surface area contributed by atoms with Crippen molar-refractivity contribution in [3.8, 4) is 17.3 Å². The third kappa shape index (κ3) is 3.33. The van der Waals surface area contributed by atoms with Crippen molar-refractivity contribution in [3.63, 3.8) is 0 Å². The monoisotopic (exact) mass is 392 g/mol. The summed E-state index contributed by atoms with van der Waals surface area (Å²) in [6, 6.07) is 8.54. The predicted molar refractivity (Wildman–Crippen MR) is 110 cm³/mol. The first kappa shape index (κ1) is 19.6. The average molecular weight is 393 g/mol. The van der Waals surface area contributed by atoms with Gasteiger partial charge in [0.05, 0.1) is 17.5 Å². The van der Waals surface area contributed by atoms with Crippen LogP contribution in [-0.2, 0) is 18.3 Å². The van der Waals surface area contributed by atoms with Gasteiger partial charge in [-0.3, -0.25) is 14.9 Å². The van der Waals surface area contributed by atoms with Crippen LogP contribution >= 0.6 is 0 Å². The lowest BCUT2D eigenvalue weighted by atomic mass is 9.68. The van der Waals surface area contributed by atoms with E-state index in [0.717, 1.165) is 53.6 Å². The molecule has 4 rings (SSSR count). The number of carbonyl (C=O) groups is 1. The Kier molecular flexibility index (Phi) is 5.39. The van der Waals surface area contributed by atoms with Gasteiger partial charge in [0.15, 0.2) is 0 Å². The number of benzene rings is 1. The second-order valence-corrected chi connectivity index (χ2v) is 8.13. The number of hydrogen-bond donors (Lipinski definition) is 3. The molecule has 1 aliphatic heterocycles. The molecule has 1 aromatic heterocycles. The molecule has 1 saturated carbocycles. The number of carbonyl (C=O) groups excluding carboxylic acids is 1. The van der Waals surface area contributed by atoms with E-state index in [4.69, 9.17) is 5.73 Å². The number of amides is 1. The van der Waals surface area contributed by atoms with Crippen molar-refractivity contribution in [2.24, 2.45) is 24.6 Å². The maximum Gasteiger partial charge on any atom is 0.237 e. The Bertz CT molecular complexity index is 959. The van der Waals surface area contributed by atoms with Crippen LogP contribution in [0.3, 0.4) is 0 Å². The van der Waals surface area contributed by atoms with Gasteiger partial charge < -0.3 is 5.73 Å². The first-order chi connectivity index (χ1) is 14.1. The molecule has 1 saturated heterocycles. The molecule has 29 heavy (non-hydrogen) atoms. The smallest absolute Gasteiger partial charge is 0.237 e. The fourth-order valence-corrected chi connectivity index (χ4v) is 5.16. The number of hydrogen-bond acceptors (Lipinski definition) is 5.